The zero-order chi connectivity index (χ0) is 16.3. The summed E-state index contributed by atoms with van der Waals surface area (Å²) >= 11 is 5.59. The van der Waals surface area contributed by atoms with Crippen molar-refractivity contribution in [2.45, 2.75) is 37.1 Å². The van der Waals surface area contributed by atoms with E-state index in [1.807, 2.05) is 0 Å². The van der Waals surface area contributed by atoms with Gasteiger partial charge in [-0.05, 0) is 31.5 Å². The van der Waals surface area contributed by atoms with Crippen LogP contribution in [-0.4, -0.2) is 27.0 Å². The van der Waals surface area contributed by atoms with E-state index in [0.29, 0.717) is 6.42 Å². The molecule has 8 heteroatoms. The van der Waals surface area contributed by atoms with Gasteiger partial charge in [0, 0.05) is 5.02 Å². The molecule has 0 radical (unpaired) electrons. The number of esters is 1. The molecule has 21 heavy (non-hydrogen) atoms. The molecule has 0 aromatic heterocycles. The summed E-state index contributed by atoms with van der Waals surface area (Å²) in [5, 5.41) is 0.0794. The van der Waals surface area contributed by atoms with E-state index in [1.54, 1.807) is 6.92 Å². The van der Waals surface area contributed by atoms with Crippen molar-refractivity contribution in [1.29, 1.82) is 0 Å². The number of benzene rings is 1. The fraction of sp³-hybridized carbons (Fsp3) is 0.462. The number of methoxy groups -OCH3 is 1. The summed E-state index contributed by atoms with van der Waals surface area (Å²) in [6, 6.07) is 3.20. The van der Waals surface area contributed by atoms with Gasteiger partial charge in [-0.25, -0.2) is 12.8 Å². The van der Waals surface area contributed by atoms with Crippen LogP contribution < -0.4 is 4.72 Å². The molecular formula is C13H17ClFNO4S. The second-order valence-corrected chi connectivity index (χ2v) is 6.84. The average Bonchev–Trinajstić information content (AvgIpc) is 2.36. The highest BCUT2D eigenvalue weighted by Crippen LogP contribution is 2.23. The first-order chi connectivity index (χ1) is 9.66. The van der Waals surface area contributed by atoms with Crippen LogP contribution in [0, 0.1) is 5.82 Å². The summed E-state index contributed by atoms with van der Waals surface area (Å²) in [4.78, 5) is 11.2. The molecule has 1 atom stereocenters. The predicted molar refractivity (Wildman–Crippen MR) is 77.1 cm³/mol. The lowest BCUT2D eigenvalue weighted by Crippen LogP contribution is -2.52. The van der Waals surface area contributed by atoms with Gasteiger partial charge in [0.05, 0.1) is 7.11 Å². The number of halogens is 2. The number of ether oxygens (including phenoxy) is 1. The summed E-state index contributed by atoms with van der Waals surface area (Å²) in [5.41, 5.74) is -1.46. The van der Waals surface area contributed by atoms with Gasteiger partial charge in [-0.3, -0.25) is 4.79 Å². The van der Waals surface area contributed by atoms with Crippen LogP contribution >= 0.6 is 11.6 Å². The minimum Gasteiger partial charge on any atom is -0.468 e. The zero-order valence-corrected chi connectivity index (χ0v) is 13.5. The Hall–Kier alpha value is -1.18. The van der Waals surface area contributed by atoms with Gasteiger partial charge in [0.2, 0.25) is 10.0 Å². The maximum atomic E-state index is 13.8. The summed E-state index contributed by atoms with van der Waals surface area (Å²) < 4.78 is 45.1. The molecule has 1 N–H and O–H groups in total. The maximum Gasteiger partial charge on any atom is 0.326 e. The Kier molecular flexibility index (Phi) is 5.72. The summed E-state index contributed by atoms with van der Waals surface area (Å²) in [6.07, 6.45) is 0.755. The van der Waals surface area contributed by atoms with E-state index in [0.717, 1.165) is 19.2 Å². The normalized spacial score (nSPS) is 14.5. The maximum absolute atomic E-state index is 13.8. The Morgan fingerprint density at radius 2 is 2.10 bits per heavy atom. The van der Waals surface area contributed by atoms with Crippen molar-refractivity contribution < 1.29 is 22.3 Å². The molecule has 0 aliphatic heterocycles. The van der Waals surface area contributed by atoms with E-state index in [-0.39, 0.29) is 11.4 Å². The van der Waals surface area contributed by atoms with Crippen molar-refractivity contribution in [1.82, 2.24) is 4.72 Å². The quantitative estimate of drug-likeness (QED) is 0.809. The van der Waals surface area contributed by atoms with Crippen molar-refractivity contribution in [3.8, 4) is 0 Å². The molecule has 1 aromatic carbocycles. The predicted octanol–water partition coefficient (Wildman–Crippen LogP) is 2.49. The topological polar surface area (TPSA) is 72.5 Å². The van der Waals surface area contributed by atoms with Gasteiger partial charge < -0.3 is 4.74 Å². The second-order valence-electron chi connectivity index (χ2n) is 4.75. The summed E-state index contributed by atoms with van der Waals surface area (Å²) in [6.45, 7) is 3.19. The van der Waals surface area contributed by atoms with Gasteiger partial charge >= 0.3 is 5.97 Å². The Labute approximate surface area is 128 Å². The molecule has 0 fully saturated rings. The number of hydrogen-bond donors (Lipinski definition) is 1. The molecule has 0 bridgehead atoms. The van der Waals surface area contributed by atoms with Crippen LogP contribution in [0.2, 0.25) is 5.02 Å². The van der Waals surface area contributed by atoms with Gasteiger partial charge in [-0.1, -0.05) is 24.9 Å². The Morgan fingerprint density at radius 1 is 1.48 bits per heavy atom. The summed E-state index contributed by atoms with van der Waals surface area (Å²) in [5.74, 6) is -1.72. The third-order valence-electron chi connectivity index (χ3n) is 2.93. The molecule has 0 spiro atoms. The molecule has 118 valence electrons. The molecule has 0 saturated heterocycles. The van der Waals surface area contributed by atoms with Crippen LogP contribution in [0.4, 0.5) is 4.39 Å². The fourth-order valence-corrected chi connectivity index (χ4v) is 3.57. The van der Waals surface area contributed by atoms with Crippen LogP contribution in [0.25, 0.3) is 0 Å². The van der Waals surface area contributed by atoms with E-state index in [2.05, 4.69) is 9.46 Å². The van der Waals surface area contributed by atoms with Crippen LogP contribution in [0.5, 0.6) is 0 Å². The van der Waals surface area contributed by atoms with Crippen LogP contribution in [-0.2, 0) is 19.6 Å². The first kappa shape index (κ1) is 17.9. The molecule has 0 aliphatic rings. The van der Waals surface area contributed by atoms with E-state index < -0.39 is 32.2 Å². The van der Waals surface area contributed by atoms with Crippen molar-refractivity contribution >= 4 is 27.6 Å². The van der Waals surface area contributed by atoms with Crippen LogP contribution in [0.15, 0.2) is 23.1 Å². The van der Waals surface area contributed by atoms with E-state index in [4.69, 9.17) is 11.6 Å². The standard InChI is InChI=1S/C13H17ClFNO4S/c1-4-7-13(2,12(17)20-3)16-21(18,19)11-6-5-9(14)8-10(11)15/h5-6,8,16H,4,7H2,1-3H3. The third kappa shape index (κ3) is 4.15. The van der Waals surface area contributed by atoms with E-state index >= 15 is 0 Å². The lowest BCUT2D eigenvalue weighted by atomic mass is 9.98. The smallest absolute Gasteiger partial charge is 0.326 e. The van der Waals surface area contributed by atoms with Gasteiger partial charge in [0.15, 0.2) is 0 Å². The number of carbonyl (C=O) groups is 1. The highest BCUT2D eigenvalue weighted by atomic mass is 35.5. The monoisotopic (exact) mass is 337 g/mol. The fourth-order valence-electron chi connectivity index (χ4n) is 1.96. The number of sulfonamides is 1. The SMILES string of the molecule is CCCC(C)(NS(=O)(=O)c1ccc(Cl)cc1F)C(=O)OC. The molecular weight excluding hydrogens is 321 g/mol. The first-order valence-electron chi connectivity index (χ1n) is 6.23. The van der Waals surface area contributed by atoms with Gasteiger partial charge in [0.1, 0.15) is 16.3 Å². The Balaban J connectivity index is 3.21. The zero-order valence-electron chi connectivity index (χ0n) is 11.9. The van der Waals surface area contributed by atoms with Gasteiger partial charge in [0.25, 0.3) is 0 Å². The van der Waals surface area contributed by atoms with Crippen molar-refractivity contribution in [3.05, 3.63) is 29.0 Å². The number of hydrogen-bond acceptors (Lipinski definition) is 4. The number of carbonyl (C=O) groups excluding carboxylic acids is 1. The molecule has 0 amide bonds. The molecule has 0 saturated carbocycles. The highest BCUT2D eigenvalue weighted by molar-refractivity contribution is 7.89. The lowest BCUT2D eigenvalue weighted by molar-refractivity contribution is -0.147. The largest absolute Gasteiger partial charge is 0.468 e. The van der Waals surface area contributed by atoms with Crippen molar-refractivity contribution in [2.75, 3.05) is 7.11 Å². The van der Waals surface area contributed by atoms with Crippen LogP contribution in [0.3, 0.4) is 0 Å². The number of rotatable bonds is 6. The van der Waals surface area contributed by atoms with E-state index in [9.17, 15) is 17.6 Å². The van der Waals surface area contributed by atoms with E-state index in [1.165, 1.54) is 13.0 Å². The lowest BCUT2D eigenvalue weighted by Gasteiger charge is -2.27. The second kappa shape index (κ2) is 6.72. The highest BCUT2D eigenvalue weighted by Gasteiger charge is 2.38. The Bertz CT molecular complexity index is 635. The minimum absolute atomic E-state index is 0.0794. The molecule has 1 aromatic rings. The van der Waals surface area contributed by atoms with Gasteiger partial charge in [-0.2, -0.15) is 4.72 Å². The molecule has 5 nitrogen and oxygen atoms in total. The molecule has 1 rings (SSSR count). The van der Waals surface area contributed by atoms with Crippen molar-refractivity contribution in [2.24, 2.45) is 0 Å². The molecule has 0 aliphatic carbocycles. The van der Waals surface area contributed by atoms with Crippen molar-refractivity contribution in [3.63, 3.8) is 0 Å². The molecule has 0 heterocycles. The van der Waals surface area contributed by atoms with Gasteiger partial charge in [-0.15, -0.1) is 0 Å². The number of nitrogens with one attached hydrogen (secondary N) is 1. The minimum atomic E-state index is -4.23. The van der Waals surface area contributed by atoms with Crippen LogP contribution in [0.1, 0.15) is 26.7 Å². The Morgan fingerprint density at radius 3 is 2.57 bits per heavy atom. The first-order valence-corrected chi connectivity index (χ1v) is 8.10. The summed E-state index contributed by atoms with van der Waals surface area (Å²) in [7, 11) is -3.07. The average molecular weight is 338 g/mol. The molecule has 1 unspecified atom stereocenters. The third-order valence-corrected chi connectivity index (χ3v) is 4.79.